The molecule has 0 aliphatic heterocycles. The van der Waals surface area contributed by atoms with E-state index in [1.54, 1.807) is 41.2 Å². The highest BCUT2D eigenvalue weighted by atomic mass is 35.5. The molecule has 0 fully saturated rings. The minimum absolute atomic E-state index is 0.0777. The number of carboxylic acid groups (broad SMARTS) is 1. The van der Waals surface area contributed by atoms with Crippen molar-refractivity contribution >= 4 is 39.1 Å². The van der Waals surface area contributed by atoms with Gasteiger partial charge in [-0.2, -0.15) is 0 Å². The number of carboxylic acids is 1. The molecule has 0 aliphatic rings. The summed E-state index contributed by atoms with van der Waals surface area (Å²) in [4.78, 5) is 21.2. The number of rotatable bonds is 7. The minimum Gasteiger partial charge on any atom is -0.493 e. The lowest BCUT2D eigenvalue weighted by Crippen LogP contribution is -2.10. The number of thiazole rings is 1. The molecule has 0 atom stereocenters. The van der Waals surface area contributed by atoms with Gasteiger partial charge in [-0.25, -0.2) is 4.98 Å². The van der Waals surface area contributed by atoms with Crippen LogP contribution in [0.2, 0.25) is 5.02 Å². The summed E-state index contributed by atoms with van der Waals surface area (Å²) in [6.45, 7) is 7.16. The molecule has 0 bridgehead atoms. The summed E-state index contributed by atoms with van der Waals surface area (Å²) >= 11 is 7.67. The number of benzene rings is 3. The lowest BCUT2D eigenvalue weighted by atomic mass is 9.93. The fourth-order valence-electron chi connectivity index (χ4n) is 4.38. The molecule has 2 N–H and O–H groups in total. The van der Waals surface area contributed by atoms with Crippen molar-refractivity contribution in [2.24, 2.45) is 0 Å². The van der Waals surface area contributed by atoms with E-state index in [0.717, 1.165) is 54.3 Å². The van der Waals surface area contributed by atoms with Crippen molar-refractivity contribution in [1.82, 2.24) is 9.97 Å². The van der Waals surface area contributed by atoms with Gasteiger partial charge in [0.2, 0.25) is 0 Å². The molecule has 0 spiro atoms. The number of hydrogen-bond donors (Lipinski definition) is 2. The van der Waals surface area contributed by atoms with Gasteiger partial charge in [-0.05, 0) is 92.9 Å². The molecule has 0 saturated heterocycles. The third-order valence-corrected chi connectivity index (χ3v) is 7.55. The third-order valence-electron chi connectivity index (χ3n) is 6.16. The third kappa shape index (κ3) is 7.45. The molecule has 0 aliphatic carbocycles. The number of halogens is 1. The van der Waals surface area contributed by atoms with Gasteiger partial charge in [-0.3, -0.25) is 9.78 Å². The van der Waals surface area contributed by atoms with Gasteiger partial charge in [0.15, 0.2) is 11.5 Å². The van der Waals surface area contributed by atoms with Gasteiger partial charge in [0.25, 0.3) is 0 Å². The fourth-order valence-corrected chi connectivity index (χ4v) is 5.64. The van der Waals surface area contributed by atoms with Crippen molar-refractivity contribution < 1.29 is 24.5 Å². The predicted octanol–water partition coefficient (Wildman–Crippen LogP) is 8.08. The first kappa shape index (κ1) is 31.0. The largest absolute Gasteiger partial charge is 0.493 e. The zero-order valence-electron chi connectivity index (χ0n) is 24.4. The summed E-state index contributed by atoms with van der Waals surface area (Å²) in [5.41, 5.74) is 6.36. The first-order valence-corrected chi connectivity index (χ1v) is 14.4. The first-order valence-electron chi connectivity index (χ1n) is 13.2. The van der Waals surface area contributed by atoms with Gasteiger partial charge in [-0.15, -0.1) is 11.3 Å². The molecule has 5 aromatic rings. The van der Waals surface area contributed by atoms with Gasteiger partial charge < -0.3 is 19.7 Å². The number of aliphatic carboxylic acids is 1. The van der Waals surface area contributed by atoms with Gasteiger partial charge in [0.1, 0.15) is 5.01 Å². The Bertz CT molecular complexity index is 1720. The molecule has 218 valence electrons. The van der Waals surface area contributed by atoms with Crippen LogP contribution in [0.3, 0.4) is 0 Å². The average Bonchev–Trinajstić information content (AvgIpc) is 3.36. The molecular formula is C33H33ClN2O5S. The van der Waals surface area contributed by atoms with Gasteiger partial charge in [0.05, 0.1) is 42.2 Å². The molecule has 7 nitrogen and oxygen atoms in total. The zero-order valence-corrected chi connectivity index (χ0v) is 25.9. The smallest absolute Gasteiger partial charge is 0.307 e. The zero-order chi connectivity index (χ0) is 30.6. The number of nitrogens with zero attached hydrogens (tertiary/aromatic N) is 2. The highest BCUT2D eigenvalue weighted by Gasteiger charge is 2.20. The molecule has 9 heteroatoms. The predicted molar refractivity (Wildman–Crippen MR) is 170 cm³/mol. The number of aryl methyl sites for hydroxylation is 1. The van der Waals surface area contributed by atoms with Crippen molar-refractivity contribution in [3.63, 3.8) is 0 Å². The lowest BCUT2D eigenvalue weighted by molar-refractivity contribution is -0.136. The normalized spacial score (nSPS) is 11.1. The van der Waals surface area contributed by atoms with Crippen LogP contribution in [0.15, 0.2) is 66.9 Å². The summed E-state index contributed by atoms with van der Waals surface area (Å²) < 4.78 is 11.7. The number of carbonyl (C=O) groups is 1. The van der Waals surface area contributed by atoms with E-state index in [9.17, 15) is 9.90 Å². The first-order chi connectivity index (χ1) is 19.9. The lowest BCUT2D eigenvalue weighted by Gasteiger charge is -2.13. The van der Waals surface area contributed by atoms with Gasteiger partial charge >= 0.3 is 5.97 Å². The SMILES string of the molecule is CC(C)(C)O.COc1ccc(-c2cc(-c3nc4cc(C)c(CC(=O)O)c(-c5ccc(Cl)cc5)c4s3)ccn2)cc1OC. The Kier molecular flexibility index (Phi) is 9.51. The van der Waals surface area contributed by atoms with E-state index < -0.39 is 11.6 Å². The maximum atomic E-state index is 11.7. The van der Waals surface area contributed by atoms with E-state index in [4.69, 9.17) is 31.2 Å². The number of aromatic nitrogens is 2. The maximum absolute atomic E-state index is 11.7. The van der Waals surface area contributed by atoms with Crippen LogP contribution >= 0.6 is 22.9 Å². The number of hydrogen-bond acceptors (Lipinski definition) is 7. The Balaban J connectivity index is 0.000000748. The summed E-state index contributed by atoms with van der Waals surface area (Å²) in [6.07, 6.45) is 1.68. The van der Waals surface area contributed by atoms with Crippen molar-refractivity contribution in [2.75, 3.05) is 14.2 Å². The fraction of sp³-hybridized carbons (Fsp3) is 0.242. The monoisotopic (exact) mass is 604 g/mol. The van der Waals surface area contributed by atoms with E-state index >= 15 is 0 Å². The van der Waals surface area contributed by atoms with E-state index in [2.05, 4.69) is 4.98 Å². The Morgan fingerprint density at radius 3 is 2.19 bits per heavy atom. The molecule has 3 aromatic carbocycles. The summed E-state index contributed by atoms with van der Waals surface area (Å²) in [5, 5.41) is 19.6. The Hall–Kier alpha value is -3.98. The number of fused-ring (bicyclic) bond motifs is 1. The van der Waals surface area contributed by atoms with Crippen molar-refractivity contribution in [3.05, 3.63) is 83.0 Å². The van der Waals surface area contributed by atoms with Gasteiger partial charge in [0, 0.05) is 27.9 Å². The second kappa shape index (κ2) is 12.9. The second-order valence-corrected chi connectivity index (χ2v) is 12.1. The van der Waals surface area contributed by atoms with Crippen molar-refractivity contribution in [1.29, 1.82) is 0 Å². The van der Waals surface area contributed by atoms with E-state index in [0.29, 0.717) is 16.5 Å². The van der Waals surface area contributed by atoms with E-state index in [-0.39, 0.29) is 6.42 Å². The highest BCUT2D eigenvalue weighted by Crippen LogP contribution is 2.41. The number of methoxy groups -OCH3 is 2. The highest BCUT2D eigenvalue weighted by molar-refractivity contribution is 7.22. The standard InChI is InChI=1S/C29H23ClN2O4S.C4H10O/c1-16-12-23-28(27(21(16)15-26(33)34)17-4-7-20(30)8-5-17)37-29(32-23)19-10-11-31-22(13-19)18-6-9-24(35-2)25(14-18)36-3;1-4(2,3)5/h4-14H,15H2,1-3H3,(H,33,34);5H,1-3H3. The molecule has 0 radical (unpaired) electrons. The van der Waals surface area contributed by atoms with Crippen molar-refractivity contribution in [2.45, 2.75) is 39.7 Å². The maximum Gasteiger partial charge on any atom is 0.307 e. The Morgan fingerprint density at radius 1 is 0.929 bits per heavy atom. The topological polar surface area (TPSA) is 102 Å². The van der Waals surface area contributed by atoms with Crippen molar-refractivity contribution in [3.8, 4) is 44.5 Å². The van der Waals surface area contributed by atoms with Crippen LogP contribution < -0.4 is 9.47 Å². The van der Waals surface area contributed by atoms with Crippen LogP contribution in [0, 0.1) is 6.92 Å². The van der Waals surface area contributed by atoms with Crippen LogP contribution in [0.1, 0.15) is 31.9 Å². The van der Waals surface area contributed by atoms with E-state index in [1.807, 2.05) is 67.6 Å². The summed E-state index contributed by atoms with van der Waals surface area (Å²) in [5.74, 6) is 0.396. The molecule has 2 aromatic heterocycles. The van der Waals surface area contributed by atoms with Crippen LogP contribution in [0.25, 0.3) is 43.2 Å². The summed E-state index contributed by atoms with van der Waals surface area (Å²) in [6, 6.07) is 19.0. The molecule has 42 heavy (non-hydrogen) atoms. The van der Waals surface area contributed by atoms with Gasteiger partial charge in [-0.1, -0.05) is 23.7 Å². The Morgan fingerprint density at radius 2 is 1.57 bits per heavy atom. The molecule has 5 rings (SSSR count). The number of pyridine rings is 1. The summed E-state index contributed by atoms with van der Waals surface area (Å²) in [7, 11) is 3.21. The van der Waals surface area contributed by atoms with Crippen LogP contribution in [0.4, 0.5) is 0 Å². The van der Waals surface area contributed by atoms with Crippen LogP contribution in [0.5, 0.6) is 11.5 Å². The Labute approximate surface area is 254 Å². The van der Waals surface area contributed by atoms with Crippen LogP contribution in [-0.2, 0) is 11.2 Å². The number of ether oxygens (including phenoxy) is 2. The van der Waals surface area contributed by atoms with E-state index in [1.165, 1.54) is 11.3 Å². The molecule has 0 amide bonds. The molecule has 0 saturated carbocycles. The molecule has 2 heterocycles. The minimum atomic E-state index is -0.879. The second-order valence-electron chi connectivity index (χ2n) is 10.7. The molecular weight excluding hydrogens is 572 g/mol. The molecule has 0 unspecified atom stereocenters. The number of aliphatic hydroxyl groups is 1. The van der Waals surface area contributed by atoms with Crippen LogP contribution in [-0.4, -0.2) is 46.0 Å². The quantitative estimate of drug-likeness (QED) is 0.194. The average molecular weight is 605 g/mol.